The van der Waals surface area contributed by atoms with Crippen LogP contribution in [-0.4, -0.2) is 31.8 Å². The first-order chi connectivity index (χ1) is 11.9. The predicted octanol–water partition coefficient (Wildman–Crippen LogP) is 2.56. The van der Waals surface area contributed by atoms with E-state index in [-0.39, 0.29) is 6.54 Å². The molecule has 0 radical (unpaired) electrons. The maximum Gasteiger partial charge on any atom is 0.315 e. The summed E-state index contributed by atoms with van der Waals surface area (Å²) in [5, 5.41) is 14.9. The number of benzene rings is 2. The number of rotatable bonds is 6. The van der Waals surface area contributed by atoms with Crippen LogP contribution < -0.4 is 15.5 Å². The van der Waals surface area contributed by atoms with E-state index in [0.717, 1.165) is 23.4 Å². The average Bonchev–Trinajstić information content (AvgIpc) is 2.58. The number of hydrogen-bond donors (Lipinski definition) is 3. The molecule has 0 heterocycles. The van der Waals surface area contributed by atoms with Crippen molar-refractivity contribution in [1.29, 1.82) is 0 Å². The van der Waals surface area contributed by atoms with Gasteiger partial charge in [0.05, 0.1) is 5.56 Å². The van der Waals surface area contributed by atoms with Crippen molar-refractivity contribution in [3.05, 3.63) is 65.2 Å². The van der Waals surface area contributed by atoms with Gasteiger partial charge in [0.2, 0.25) is 0 Å². The Bertz CT molecular complexity index is 701. The van der Waals surface area contributed by atoms with E-state index in [4.69, 9.17) is 0 Å². The summed E-state index contributed by atoms with van der Waals surface area (Å²) in [5.74, 6) is -1.70. The van der Waals surface area contributed by atoms with Crippen LogP contribution in [0.3, 0.4) is 0 Å². The van der Waals surface area contributed by atoms with Crippen LogP contribution in [0, 0.1) is 11.6 Å². The van der Waals surface area contributed by atoms with Gasteiger partial charge in [-0.05, 0) is 29.8 Å². The average molecular weight is 349 g/mol. The van der Waals surface area contributed by atoms with Gasteiger partial charge >= 0.3 is 6.03 Å². The molecule has 2 aromatic rings. The van der Waals surface area contributed by atoms with Crippen molar-refractivity contribution in [1.82, 2.24) is 10.6 Å². The number of halogens is 2. The van der Waals surface area contributed by atoms with Gasteiger partial charge in [-0.1, -0.05) is 18.2 Å². The van der Waals surface area contributed by atoms with Gasteiger partial charge in [-0.3, -0.25) is 0 Å². The van der Waals surface area contributed by atoms with E-state index in [1.54, 1.807) is 0 Å². The molecule has 0 spiro atoms. The van der Waals surface area contributed by atoms with Crippen LogP contribution in [0.4, 0.5) is 19.3 Å². The first-order valence-electron chi connectivity index (χ1n) is 7.78. The van der Waals surface area contributed by atoms with Crippen molar-refractivity contribution < 1.29 is 18.7 Å². The molecule has 3 N–H and O–H groups in total. The molecule has 5 nitrogen and oxygen atoms in total. The van der Waals surface area contributed by atoms with Gasteiger partial charge in [-0.15, -0.1) is 0 Å². The van der Waals surface area contributed by atoms with Crippen LogP contribution in [0.2, 0.25) is 0 Å². The van der Waals surface area contributed by atoms with Crippen molar-refractivity contribution in [3.8, 4) is 0 Å². The predicted molar refractivity (Wildman–Crippen MR) is 92.3 cm³/mol. The lowest BCUT2D eigenvalue weighted by Crippen LogP contribution is -2.37. The summed E-state index contributed by atoms with van der Waals surface area (Å²) in [6.07, 6.45) is -1.47. The highest BCUT2D eigenvalue weighted by Gasteiger charge is 2.18. The largest absolute Gasteiger partial charge is 0.386 e. The molecule has 2 amide bonds. The molecule has 25 heavy (non-hydrogen) atoms. The Morgan fingerprint density at radius 1 is 1.08 bits per heavy atom. The molecule has 0 fully saturated rings. The summed E-state index contributed by atoms with van der Waals surface area (Å²) < 4.78 is 27.1. The fraction of sp³-hybridized carbons (Fsp3) is 0.278. The Balaban J connectivity index is 1.82. The van der Waals surface area contributed by atoms with E-state index in [9.17, 15) is 18.7 Å². The number of nitrogens with one attached hydrogen (secondary N) is 2. The van der Waals surface area contributed by atoms with Gasteiger partial charge in [0.25, 0.3) is 0 Å². The van der Waals surface area contributed by atoms with E-state index in [2.05, 4.69) is 10.6 Å². The van der Waals surface area contributed by atoms with Crippen molar-refractivity contribution >= 4 is 11.7 Å². The van der Waals surface area contributed by atoms with E-state index < -0.39 is 29.3 Å². The third kappa shape index (κ3) is 5.15. The number of aliphatic hydroxyl groups is 1. The monoisotopic (exact) mass is 349 g/mol. The minimum atomic E-state index is -1.47. The maximum absolute atomic E-state index is 13.6. The third-order valence-corrected chi connectivity index (χ3v) is 3.69. The fourth-order valence-corrected chi connectivity index (χ4v) is 2.28. The van der Waals surface area contributed by atoms with Gasteiger partial charge < -0.3 is 20.6 Å². The second kappa shape index (κ2) is 8.43. The third-order valence-electron chi connectivity index (χ3n) is 3.69. The Morgan fingerprint density at radius 3 is 2.24 bits per heavy atom. The lowest BCUT2D eigenvalue weighted by Gasteiger charge is -2.15. The molecule has 0 saturated heterocycles. The van der Waals surface area contributed by atoms with Gasteiger partial charge in [0.15, 0.2) is 0 Å². The first-order valence-corrected chi connectivity index (χ1v) is 7.78. The van der Waals surface area contributed by atoms with Crippen molar-refractivity contribution in [3.63, 3.8) is 0 Å². The summed E-state index contributed by atoms with van der Waals surface area (Å²) in [6, 6.07) is 10.4. The molecule has 1 atom stereocenters. The van der Waals surface area contributed by atoms with E-state index in [0.29, 0.717) is 6.54 Å². The number of carbonyl (C=O) groups is 1. The molecule has 0 saturated carbocycles. The Kier molecular flexibility index (Phi) is 6.30. The molecule has 2 rings (SSSR count). The van der Waals surface area contributed by atoms with E-state index in [1.165, 1.54) is 6.07 Å². The molecule has 0 aliphatic rings. The summed E-state index contributed by atoms with van der Waals surface area (Å²) in [5.41, 5.74) is 1.49. The molecular formula is C18H21F2N3O2. The number of carbonyl (C=O) groups excluding carboxylic acids is 1. The standard InChI is InChI=1S/C18H21F2N3O2/c1-23(2)13-8-6-12(7-9-13)10-21-18(25)22-11-16(24)17-14(19)4-3-5-15(17)20/h3-9,16,24H,10-11H2,1-2H3,(H2,21,22,25). The van der Waals surface area contributed by atoms with Crippen molar-refractivity contribution in [2.45, 2.75) is 12.6 Å². The molecule has 134 valence electrons. The highest BCUT2D eigenvalue weighted by molar-refractivity contribution is 5.73. The summed E-state index contributed by atoms with van der Waals surface area (Å²) in [7, 11) is 3.87. The van der Waals surface area contributed by atoms with Crippen LogP contribution in [0.15, 0.2) is 42.5 Å². The van der Waals surface area contributed by atoms with E-state index >= 15 is 0 Å². The SMILES string of the molecule is CN(C)c1ccc(CNC(=O)NCC(O)c2c(F)cccc2F)cc1. The van der Waals surface area contributed by atoms with Crippen molar-refractivity contribution in [2.75, 3.05) is 25.5 Å². The lowest BCUT2D eigenvalue weighted by atomic mass is 10.1. The molecule has 0 aliphatic heterocycles. The highest BCUT2D eigenvalue weighted by atomic mass is 19.1. The molecule has 2 aromatic carbocycles. The van der Waals surface area contributed by atoms with Crippen LogP contribution in [0.5, 0.6) is 0 Å². The van der Waals surface area contributed by atoms with Crippen molar-refractivity contribution in [2.24, 2.45) is 0 Å². The van der Waals surface area contributed by atoms with Crippen LogP contribution in [0.25, 0.3) is 0 Å². The van der Waals surface area contributed by atoms with Gasteiger partial charge in [0.1, 0.15) is 17.7 Å². The van der Waals surface area contributed by atoms with Gasteiger partial charge in [-0.2, -0.15) is 0 Å². The van der Waals surface area contributed by atoms with Gasteiger partial charge in [-0.25, -0.2) is 13.6 Å². The Morgan fingerprint density at radius 2 is 1.68 bits per heavy atom. The lowest BCUT2D eigenvalue weighted by molar-refractivity contribution is 0.164. The zero-order valence-electron chi connectivity index (χ0n) is 14.1. The van der Waals surface area contributed by atoms with Crippen LogP contribution in [-0.2, 0) is 6.54 Å². The molecule has 1 unspecified atom stereocenters. The number of urea groups is 1. The summed E-state index contributed by atoms with van der Waals surface area (Å²) in [6.45, 7) is -0.00699. The second-order valence-electron chi connectivity index (χ2n) is 5.78. The van der Waals surface area contributed by atoms with Crippen LogP contribution in [0.1, 0.15) is 17.2 Å². The number of hydrogen-bond acceptors (Lipinski definition) is 3. The van der Waals surface area contributed by atoms with Gasteiger partial charge in [0, 0.05) is 32.9 Å². The Labute approximate surface area is 145 Å². The summed E-state index contributed by atoms with van der Waals surface area (Å²) in [4.78, 5) is 13.7. The second-order valence-corrected chi connectivity index (χ2v) is 5.78. The number of anilines is 1. The molecule has 0 aromatic heterocycles. The Hall–Kier alpha value is -2.67. The molecule has 7 heteroatoms. The number of aliphatic hydroxyl groups excluding tert-OH is 1. The maximum atomic E-state index is 13.6. The van der Waals surface area contributed by atoms with E-state index in [1.807, 2.05) is 43.3 Å². The number of nitrogens with zero attached hydrogens (tertiary/aromatic N) is 1. The highest BCUT2D eigenvalue weighted by Crippen LogP contribution is 2.19. The van der Waals surface area contributed by atoms with Crippen LogP contribution >= 0.6 is 0 Å². The molecule has 0 bridgehead atoms. The molecule has 0 aliphatic carbocycles. The smallest absolute Gasteiger partial charge is 0.315 e. The fourth-order valence-electron chi connectivity index (χ4n) is 2.28. The minimum absolute atomic E-state index is 0.295. The number of amides is 2. The zero-order valence-corrected chi connectivity index (χ0v) is 14.1. The zero-order chi connectivity index (χ0) is 18.4. The first kappa shape index (κ1) is 18.7. The normalized spacial score (nSPS) is 11.7. The molecular weight excluding hydrogens is 328 g/mol. The topological polar surface area (TPSA) is 64.6 Å². The minimum Gasteiger partial charge on any atom is -0.386 e. The quantitative estimate of drug-likeness (QED) is 0.751. The summed E-state index contributed by atoms with van der Waals surface area (Å²) >= 11 is 0.